The molecule has 0 atom stereocenters. The maximum atomic E-state index is 13.4. The standard InChI is InChI=1S/C14H9F5N2O2/c15-9-2-1-3-10(16)13(9)20-11(22)7-21-6-8(14(17,18)19)4-5-12(21)23/h1-6H,7H2,(H,20,22). The van der Waals surface area contributed by atoms with Crippen LogP contribution in [0.1, 0.15) is 5.56 Å². The fourth-order valence-corrected chi connectivity index (χ4v) is 1.77. The topological polar surface area (TPSA) is 51.1 Å². The molecule has 1 aromatic heterocycles. The third-order valence-corrected chi connectivity index (χ3v) is 2.85. The predicted molar refractivity (Wildman–Crippen MR) is 70.7 cm³/mol. The van der Waals surface area contributed by atoms with Crippen LogP contribution in [-0.2, 0) is 17.5 Å². The largest absolute Gasteiger partial charge is 0.417 e. The molecule has 2 rings (SSSR count). The van der Waals surface area contributed by atoms with Gasteiger partial charge in [0.1, 0.15) is 23.9 Å². The number of halogens is 5. The van der Waals surface area contributed by atoms with Crippen molar-refractivity contribution >= 4 is 11.6 Å². The molecule has 1 amide bonds. The Hall–Kier alpha value is -2.71. The number of alkyl halides is 3. The van der Waals surface area contributed by atoms with Gasteiger partial charge in [-0.25, -0.2) is 8.78 Å². The van der Waals surface area contributed by atoms with Gasteiger partial charge in [0, 0.05) is 12.3 Å². The van der Waals surface area contributed by atoms with Crippen molar-refractivity contribution in [1.82, 2.24) is 4.57 Å². The van der Waals surface area contributed by atoms with Crippen LogP contribution in [0.5, 0.6) is 0 Å². The first-order valence-corrected chi connectivity index (χ1v) is 6.20. The van der Waals surface area contributed by atoms with Crippen LogP contribution in [0.4, 0.5) is 27.6 Å². The van der Waals surface area contributed by atoms with E-state index < -0.39 is 47.1 Å². The molecule has 1 aromatic carbocycles. The molecule has 0 spiro atoms. The molecule has 2 aromatic rings. The summed E-state index contributed by atoms with van der Waals surface area (Å²) in [7, 11) is 0. The van der Waals surface area contributed by atoms with Gasteiger partial charge in [0.15, 0.2) is 0 Å². The summed E-state index contributed by atoms with van der Waals surface area (Å²) in [6, 6.07) is 4.11. The summed E-state index contributed by atoms with van der Waals surface area (Å²) in [6.07, 6.45) is -4.23. The normalized spacial score (nSPS) is 11.3. The Bertz CT molecular complexity index is 778. The van der Waals surface area contributed by atoms with Crippen LogP contribution in [0.25, 0.3) is 0 Å². The van der Waals surface area contributed by atoms with Crippen molar-refractivity contribution in [1.29, 1.82) is 0 Å². The number of hydrogen-bond donors (Lipinski definition) is 1. The van der Waals surface area contributed by atoms with E-state index >= 15 is 0 Å². The van der Waals surface area contributed by atoms with Crippen molar-refractivity contribution in [2.75, 3.05) is 5.32 Å². The van der Waals surface area contributed by atoms with Gasteiger partial charge in [-0.3, -0.25) is 9.59 Å². The van der Waals surface area contributed by atoms with E-state index in [0.29, 0.717) is 22.9 Å². The number of nitrogens with one attached hydrogen (secondary N) is 1. The van der Waals surface area contributed by atoms with Crippen LogP contribution < -0.4 is 10.9 Å². The molecule has 0 aliphatic heterocycles. The molecule has 0 saturated carbocycles. The highest BCUT2D eigenvalue weighted by Crippen LogP contribution is 2.28. The number of benzene rings is 1. The van der Waals surface area contributed by atoms with Crippen LogP contribution >= 0.6 is 0 Å². The van der Waals surface area contributed by atoms with Crippen molar-refractivity contribution in [2.45, 2.75) is 12.7 Å². The van der Waals surface area contributed by atoms with Gasteiger partial charge in [-0.2, -0.15) is 13.2 Å². The van der Waals surface area contributed by atoms with Crippen LogP contribution in [0.2, 0.25) is 0 Å². The number of carbonyl (C=O) groups is 1. The zero-order chi connectivity index (χ0) is 17.2. The number of pyridine rings is 1. The lowest BCUT2D eigenvalue weighted by Gasteiger charge is -2.11. The molecule has 9 heteroatoms. The van der Waals surface area contributed by atoms with Crippen LogP contribution in [-0.4, -0.2) is 10.5 Å². The predicted octanol–water partition coefficient (Wildman–Crippen LogP) is 2.78. The Balaban J connectivity index is 2.22. The maximum Gasteiger partial charge on any atom is 0.417 e. The Morgan fingerprint density at radius 3 is 2.26 bits per heavy atom. The van der Waals surface area contributed by atoms with Gasteiger partial charge in [0.05, 0.1) is 5.56 Å². The molecular formula is C14H9F5N2O2. The van der Waals surface area contributed by atoms with Crippen molar-refractivity contribution in [3.63, 3.8) is 0 Å². The first-order valence-electron chi connectivity index (χ1n) is 6.20. The first kappa shape index (κ1) is 16.7. The number of nitrogens with zero attached hydrogens (tertiary/aromatic N) is 1. The van der Waals surface area contributed by atoms with Crippen LogP contribution in [0.15, 0.2) is 41.3 Å². The fraction of sp³-hybridized carbons (Fsp3) is 0.143. The lowest BCUT2D eigenvalue weighted by atomic mass is 10.2. The van der Waals surface area contributed by atoms with Gasteiger partial charge in [-0.1, -0.05) is 6.07 Å². The van der Waals surface area contributed by atoms with Crippen LogP contribution in [0, 0.1) is 11.6 Å². The Labute approximate surface area is 126 Å². The zero-order valence-corrected chi connectivity index (χ0v) is 11.3. The molecule has 23 heavy (non-hydrogen) atoms. The third-order valence-electron chi connectivity index (χ3n) is 2.85. The van der Waals surface area contributed by atoms with Crippen molar-refractivity contribution in [3.8, 4) is 0 Å². The second-order valence-corrected chi connectivity index (χ2v) is 4.53. The minimum absolute atomic E-state index is 0.458. The zero-order valence-electron chi connectivity index (χ0n) is 11.3. The van der Waals surface area contributed by atoms with Gasteiger partial charge in [0.2, 0.25) is 5.91 Å². The number of para-hydroxylation sites is 1. The molecule has 1 heterocycles. The highest BCUT2D eigenvalue weighted by atomic mass is 19.4. The Morgan fingerprint density at radius 2 is 1.70 bits per heavy atom. The van der Waals surface area contributed by atoms with Crippen molar-refractivity contribution in [3.05, 3.63) is 64.1 Å². The number of rotatable bonds is 3. The molecule has 122 valence electrons. The van der Waals surface area contributed by atoms with Gasteiger partial charge >= 0.3 is 6.18 Å². The first-order chi connectivity index (χ1) is 10.7. The molecule has 0 aliphatic carbocycles. The number of amides is 1. The van der Waals surface area contributed by atoms with Crippen LogP contribution in [0.3, 0.4) is 0 Å². The minimum atomic E-state index is -4.69. The lowest BCUT2D eigenvalue weighted by molar-refractivity contribution is -0.138. The molecule has 4 nitrogen and oxygen atoms in total. The van der Waals surface area contributed by atoms with E-state index in [4.69, 9.17) is 0 Å². The minimum Gasteiger partial charge on any atom is -0.320 e. The average Bonchev–Trinajstić information content (AvgIpc) is 2.44. The second-order valence-electron chi connectivity index (χ2n) is 4.53. The molecule has 0 bridgehead atoms. The van der Waals surface area contributed by atoms with E-state index in [1.54, 1.807) is 0 Å². The number of carbonyl (C=O) groups excluding carboxylic acids is 1. The Kier molecular flexibility index (Phi) is 4.48. The molecule has 0 unspecified atom stereocenters. The van der Waals surface area contributed by atoms with Gasteiger partial charge in [-0.05, 0) is 18.2 Å². The summed E-state index contributed by atoms with van der Waals surface area (Å²) in [5, 5.41) is 1.88. The maximum absolute atomic E-state index is 13.4. The van der Waals surface area contributed by atoms with Gasteiger partial charge < -0.3 is 9.88 Å². The van der Waals surface area contributed by atoms with E-state index in [1.807, 2.05) is 5.32 Å². The molecule has 0 fully saturated rings. The van der Waals surface area contributed by atoms with E-state index in [1.165, 1.54) is 0 Å². The highest BCUT2D eigenvalue weighted by molar-refractivity contribution is 5.90. The summed E-state index contributed by atoms with van der Waals surface area (Å²) >= 11 is 0. The van der Waals surface area contributed by atoms with E-state index in [-0.39, 0.29) is 0 Å². The summed E-state index contributed by atoms with van der Waals surface area (Å²) in [5.41, 5.74) is -2.72. The second kappa shape index (κ2) is 6.19. The molecule has 0 aliphatic rings. The SMILES string of the molecule is O=C(Cn1cc(C(F)(F)F)ccc1=O)Nc1c(F)cccc1F. The number of anilines is 1. The number of hydrogen-bond acceptors (Lipinski definition) is 2. The molecule has 0 radical (unpaired) electrons. The smallest absolute Gasteiger partial charge is 0.320 e. The third kappa shape index (κ3) is 3.93. The lowest BCUT2D eigenvalue weighted by Crippen LogP contribution is -2.28. The molecule has 0 saturated heterocycles. The van der Waals surface area contributed by atoms with E-state index in [9.17, 15) is 31.5 Å². The van der Waals surface area contributed by atoms with Gasteiger partial charge in [0.25, 0.3) is 5.56 Å². The highest BCUT2D eigenvalue weighted by Gasteiger charge is 2.31. The van der Waals surface area contributed by atoms with E-state index in [0.717, 1.165) is 18.2 Å². The summed E-state index contributed by atoms with van der Waals surface area (Å²) in [5.74, 6) is -3.14. The van der Waals surface area contributed by atoms with Crippen molar-refractivity contribution in [2.24, 2.45) is 0 Å². The summed E-state index contributed by atoms with van der Waals surface area (Å²) < 4.78 is 65.0. The number of aromatic nitrogens is 1. The average molecular weight is 332 g/mol. The molecule has 1 N–H and O–H groups in total. The summed E-state index contributed by atoms with van der Waals surface area (Å²) in [6.45, 7) is -0.823. The fourth-order valence-electron chi connectivity index (χ4n) is 1.77. The monoisotopic (exact) mass is 332 g/mol. The van der Waals surface area contributed by atoms with Gasteiger partial charge in [-0.15, -0.1) is 0 Å². The summed E-state index contributed by atoms with van der Waals surface area (Å²) in [4.78, 5) is 23.2. The Morgan fingerprint density at radius 1 is 1.09 bits per heavy atom. The quantitative estimate of drug-likeness (QED) is 0.879. The van der Waals surface area contributed by atoms with E-state index in [2.05, 4.69) is 0 Å². The van der Waals surface area contributed by atoms with Crippen molar-refractivity contribution < 1.29 is 26.7 Å². The molecular weight excluding hydrogens is 323 g/mol.